The van der Waals surface area contributed by atoms with E-state index in [0.717, 1.165) is 17.7 Å². The molecular weight excluding hydrogens is 262 g/mol. The van der Waals surface area contributed by atoms with Crippen LogP contribution in [0.1, 0.15) is 49.4 Å². The number of nitriles is 1. The molecule has 0 N–H and O–H groups in total. The average molecular weight is 283 g/mol. The minimum atomic E-state index is 0.118. The summed E-state index contributed by atoms with van der Waals surface area (Å²) in [6.07, 6.45) is 11.2. The number of nitrogens with zero attached hydrogens (tertiary/aromatic N) is 1. The van der Waals surface area contributed by atoms with Gasteiger partial charge in [-0.1, -0.05) is 52.0 Å². The number of hydrogen-bond donors (Lipinski definition) is 0. The maximum atomic E-state index is 9.03. The first-order valence-electron chi connectivity index (χ1n) is 7.24. The zero-order valence-corrected chi connectivity index (χ0v) is 13.5. The third-order valence-corrected chi connectivity index (χ3v) is 4.68. The SMILES string of the molecule is CC.CC1(C)C=CC2=C(C=C1)c1sc(C#N)cc1CC2. The van der Waals surface area contributed by atoms with Gasteiger partial charge in [-0.25, -0.2) is 0 Å². The van der Waals surface area contributed by atoms with Gasteiger partial charge in [-0.15, -0.1) is 11.3 Å². The van der Waals surface area contributed by atoms with Gasteiger partial charge in [-0.2, -0.15) is 5.26 Å². The van der Waals surface area contributed by atoms with Crippen LogP contribution in [0.4, 0.5) is 0 Å². The molecule has 0 fully saturated rings. The molecule has 1 nitrogen and oxygen atoms in total. The van der Waals surface area contributed by atoms with E-state index in [0.29, 0.717) is 0 Å². The number of allylic oxidation sites excluding steroid dienone is 6. The summed E-state index contributed by atoms with van der Waals surface area (Å²) in [5.74, 6) is 0. The van der Waals surface area contributed by atoms with Crippen LogP contribution in [0.15, 0.2) is 35.9 Å². The molecule has 1 heterocycles. The van der Waals surface area contributed by atoms with E-state index < -0.39 is 0 Å². The van der Waals surface area contributed by atoms with E-state index in [1.807, 2.05) is 13.8 Å². The fourth-order valence-electron chi connectivity index (χ4n) is 2.47. The molecule has 1 aromatic heterocycles. The normalized spacial score (nSPS) is 18.4. The Morgan fingerprint density at radius 1 is 1.15 bits per heavy atom. The summed E-state index contributed by atoms with van der Waals surface area (Å²) in [5, 5.41) is 9.03. The van der Waals surface area contributed by atoms with E-state index in [2.05, 4.69) is 50.3 Å². The van der Waals surface area contributed by atoms with Crippen molar-refractivity contribution in [1.82, 2.24) is 0 Å². The van der Waals surface area contributed by atoms with Gasteiger partial charge in [-0.3, -0.25) is 0 Å². The Kier molecular flexibility index (Phi) is 4.30. The van der Waals surface area contributed by atoms with Crippen molar-refractivity contribution in [1.29, 1.82) is 5.26 Å². The molecule has 1 aromatic rings. The monoisotopic (exact) mass is 283 g/mol. The van der Waals surface area contributed by atoms with Gasteiger partial charge in [0.2, 0.25) is 0 Å². The zero-order valence-electron chi connectivity index (χ0n) is 12.7. The first-order valence-corrected chi connectivity index (χ1v) is 8.05. The van der Waals surface area contributed by atoms with Crippen LogP contribution in [0.5, 0.6) is 0 Å². The fraction of sp³-hybridized carbons (Fsp3) is 0.389. The van der Waals surface area contributed by atoms with Crippen molar-refractivity contribution in [3.8, 4) is 6.07 Å². The Morgan fingerprint density at radius 3 is 2.55 bits per heavy atom. The molecule has 0 radical (unpaired) electrons. The van der Waals surface area contributed by atoms with E-state index >= 15 is 0 Å². The summed E-state index contributed by atoms with van der Waals surface area (Å²) in [5.41, 5.74) is 4.20. The van der Waals surface area contributed by atoms with E-state index in [-0.39, 0.29) is 5.41 Å². The maximum absolute atomic E-state index is 9.03. The molecule has 0 aromatic carbocycles. The van der Waals surface area contributed by atoms with E-state index in [1.54, 1.807) is 11.3 Å². The van der Waals surface area contributed by atoms with Gasteiger partial charge in [0.25, 0.3) is 0 Å². The standard InChI is InChI=1S/C16H15NS.C2H6/c1-16(2)7-5-11-3-4-12-9-13(10-17)18-15(12)14(11)6-8-16;1-2/h5-9H,3-4H2,1-2H3;1-2H3. The molecule has 2 heteroatoms. The van der Waals surface area contributed by atoms with E-state index in [4.69, 9.17) is 5.26 Å². The van der Waals surface area contributed by atoms with Gasteiger partial charge >= 0.3 is 0 Å². The second kappa shape index (κ2) is 5.81. The van der Waals surface area contributed by atoms with Crippen molar-refractivity contribution in [2.75, 3.05) is 0 Å². The van der Waals surface area contributed by atoms with Gasteiger partial charge in [0.1, 0.15) is 10.9 Å². The third kappa shape index (κ3) is 2.78. The molecule has 0 unspecified atom stereocenters. The molecule has 2 aliphatic rings. The second-order valence-corrected chi connectivity index (χ2v) is 6.56. The van der Waals surface area contributed by atoms with Crippen LogP contribution in [-0.4, -0.2) is 0 Å². The lowest BCUT2D eigenvalue weighted by Gasteiger charge is -2.15. The predicted octanol–water partition coefficient (Wildman–Crippen LogP) is 5.50. The highest BCUT2D eigenvalue weighted by atomic mass is 32.1. The van der Waals surface area contributed by atoms with Crippen LogP contribution >= 0.6 is 11.3 Å². The molecule has 0 amide bonds. The Hall–Kier alpha value is -1.59. The molecule has 20 heavy (non-hydrogen) atoms. The fourth-order valence-corrected chi connectivity index (χ4v) is 3.54. The van der Waals surface area contributed by atoms with Crippen LogP contribution < -0.4 is 0 Å². The Labute approximate surface area is 125 Å². The van der Waals surface area contributed by atoms with Crippen LogP contribution in [0.25, 0.3) is 5.57 Å². The molecule has 3 rings (SSSR count). The lowest BCUT2D eigenvalue weighted by molar-refractivity contribution is 0.627. The van der Waals surface area contributed by atoms with Crippen LogP contribution in [0, 0.1) is 16.7 Å². The van der Waals surface area contributed by atoms with E-state index in [9.17, 15) is 0 Å². The highest BCUT2D eigenvalue weighted by Gasteiger charge is 2.22. The smallest absolute Gasteiger partial charge is 0.110 e. The molecule has 0 saturated heterocycles. The summed E-state index contributed by atoms with van der Waals surface area (Å²) in [6.45, 7) is 8.43. The summed E-state index contributed by atoms with van der Waals surface area (Å²) in [4.78, 5) is 2.13. The van der Waals surface area contributed by atoms with Crippen LogP contribution in [-0.2, 0) is 6.42 Å². The quantitative estimate of drug-likeness (QED) is 0.617. The lowest BCUT2D eigenvalue weighted by Crippen LogP contribution is -2.00. The third-order valence-electron chi connectivity index (χ3n) is 3.57. The number of rotatable bonds is 0. The number of thiophene rings is 1. The molecule has 0 aliphatic heterocycles. The minimum Gasteiger partial charge on any atom is -0.192 e. The minimum absolute atomic E-state index is 0.118. The topological polar surface area (TPSA) is 23.8 Å². The Morgan fingerprint density at radius 2 is 1.85 bits per heavy atom. The highest BCUT2D eigenvalue weighted by molar-refractivity contribution is 7.13. The summed E-state index contributed by atoms with van der Waals surface area (Å²) in [6, 6.07) is 4.32. The van der Waals surface area contributed by atoms with E-state index in [1.165, 1.54) is 21.6 Å². The maximum Gasteiger partial charge on any atom is 0.110 e. The first kappa shape index (κ1) is 14.8. The van der Waals surface area contributed by atoms with Crippen molar-refractivity contribution in [2.24, 2.45) is 5.41 Å². The molecule has 0 bridgehead atoms. The van der Waals surface area contributed by atoms with Crippen LogP contribution in [0.2, 0.25) is 0 Å². The second-order valence-electron chi connectivity index (χ2n) is 5.50. The first-order chi connectivity index (χ1) is 9.59. The van der Waals surface area contributed by atoms with Crippen molar-refractivity contribution in [3.63, 3.8) is 0 Å². The molecule has 0 saturated carbocycles. The number of fused-ring (bicyclic) bond motifs is 2. The highest BCUT2D eigenvalue weighted by Crippen LogP contribution is 2.40. The van der Waals surface area contributed by atoms with Crippen molar-refractivity contribution in [2.45, 2.75) is 40.5 Å². The number of aryl methyl sites for hydroxylation is 1. The summed E-state index contributed by atoms with van der Waals surface area (Å²) in [7, 11) is 0. The Bertz CT molecular complexity index is 633. The Balaban J connectivity index is 0.000000704. The summed E-state index contributed by atoms with van der Waals surface area (Å²) < 4.78 is 0. The van der Waals surface area contributed by atoms with Crippen molar-refractivity contribution >= 4 is 16.9 Å². The molecule has 104 valence electrons. The molecule has 0 spiro atoms. The molecular formula is C18H21NS. The van der Waals surface area contributed by atoms with Crippen molar-refractivity contribution in [3.05, 3.63) is 51.3 Å². The van der Waals surface area contributed by atoms with Gasteiger partial charge in [-0.05, 0) is 35.6 Å². The van der Waals surface area contributed by atoms with Gasteiger partial charge < -0.3 is 0 Å². The largest absolute Gasteiger partial charge is 0.192 e. The zero-order chi connectivity index (χ0) is 14.8. The molecule has 0 atom stereocenters. The number of hydrogen-bond acceptors (Lipinski definition) is 2. The van der Waals surface area contributed by atoms with Gasteiger partial charge in [0.15, 0.2) is 0 Å². The van der Waals surface area contributed by atoms with Crippen LogP contribution in [0.3, 0.4) is 0 Å². The average Bonchev–Trinajstić information content (AvgIpc) is 2.81. The lowest BCUT2D eigenvalue weighted by atomic mass is 9.91. The van der Waals surface area contributed by atoms with Crippen molar-refractivity contribution < 1.29 is 0 Å². The predicted molar refractivity (Wildman–Crippen MR) is 87.7 cm³/mol. The van der Waals surface area contributed by atoms with Gasteiger partial charge in [0.05, 0.1) is 0 Å². The summed E-state index contributed by atoms with van der Waals surface area (Å²) >= 11 is 1.63. The van der Waals surface area contributed by atoms with Gasteiger partial charge in [0, 0.05) is 10.3 Å². The molecule has 2 aliphatic carbocycles.